The Labute approximate surface area is 108 Å². The Morgan fingerprint density at radius 2 is 2.28 bits per heavy atom. The number of hydrogen-bond acceptors (Lipinski definition) is 6. The number of anilines is 1. The molecule has 0 aliphatic heterocycles. The van der Waals surface area contributed by atoms with Gasteiger partial charge in [-0.1, -0.05) is 0 Å². The Hall–Kier alpha value is -2.02. The second kappa shape index (κ2) is 5.09. The molecule has 94 valence electrons. The average Bonchev–Trinajstić information content (AvgIpc) is 2.75. The van der Waals surface area contributed by atoms with Crippen LogP contribution in [0.3, 0.4) is 0 Å². The zero-order valence-corrected chi connectivity index (χ0v) is 10.8. The lowest BCUT2D eigenvalue weighted by Gasteiger charge is -2.15. The lowest BCUT2D eigenvalue weighted by atomic mass is 10.4. The van der Waals surface area contributed by atoms with E-state index in [1.54, 1.807) is 17.4 Å². The summed E-state index contributed by atoms with van der Waals surface area (Å²) in [6.07, 6.45) is 1.26. The molecule has 0 N–H and O–H groups in total. The molecule has 0 saturated heterocycles. The summed E-state index contributed by atoms with van der Waals surface area (Å²) in [5, 5.41) is 13.5. The monoisotopic (exact) mass is 264 g/mol. The fraction of sp³-hybridized carbons (Fsp3) is 0.273. The van der Waals surface area contributed by atoms with Gasteiger partial charge in [-0.15, -0.1) is 11.3 Å². The first kappa shape index (κ1) is 12.4. The van der Waals surface area contributed by atoms with Crippen molar-refractivity contribution in [2.24, 2.45) is 0 Å². The van der Waals surface area contributed by atoms with Crippen LogP contribution in [0.5, 0.6) is 0 Å². The highest BCUT2D eigenvalue weighted by Gasteiger charge is 2.09. The van der Waals surface area contributed by atoms with Crippen LogP contribution < -0.4 is 4.90 Å². The summed E-state index contributed by atoms with van der Waals surface area (Å²) in [4.78, 5) is 20.4. The molecule has 0 saturated carbocycles. The predicted octanol–water partition coefficient (Wildman–Crippen LogP) is 2.39. The third kappa shape index (κ3) is 2.80. The Morgan fingerprint density at radius 1 is 1.50 bits per heavy atom. The van der Waals surface area contributed by atoms with Gasteiger partial charge < -0.3 is 4.90 Å². The van der Waals surface area contributed by atoms with Crippen LogP contribution >= 0.6 is 11.3 Å². The van der Waals surface area contributed by atoms with Crippen molar-refractivity contribution < 1.29 is 4.92 Å². The smallest absolute Gasteiger partial charge is 0.287 e. The van der Waals surface area contributed by atoms with E-state index in [-0.39, 0.29) is 5.69 Å². The first-order chi connectivity index (χ1) is 8.56. The average molecular weight is 264 g/mol. The standard InChI is InChI=1S/C11H12N4O2S/c1-8-7-18-11(13-8)6-14(2)10-4-3-9(5-12-10)15(16)17/h3-5,7H,6H2,1-2H3. The summed E-state index contributed by atoms with van der Waals surface area (Å²) in [5.41, 5.74) is 0.998. The highest BCUT2D eigenvalue weighted by molar-refractivity contribution is 7.09. The van der Waals surface area contributed by atoms with Crippen molar-refractivity contribution in [1.82, 2.24) is 9.97 Å². The minimum Gasteiger partial charge on any atom is -0.353 e. The number of pyridine rings is 1. The lowest BCUT2D eigenvalue weighted by Crippen LogP contribution is -2.17. The van der Waals surface area contributed by atoms with Crippen molar-refractivity contribution in [2.45, 2.75) is 13.5 Å². The Balaban J connectivity index is 2.09. The van der Waals surface area contributed by atoms with Gasteiger partial charge >= 0.3 is 0 Å². The van der Waals surface area contributed by atoms with Crippen molar-refractivity contribution in [3.05, 3.63) is 44.5 Å². The zero-order valence-electron chi connectivity index (χ0n) is 10.0. The van der Waals surface area contributed by atoms with Gasteiger partial charge in [0.25, 0.3) is 5.69 Å². The molecule has 0 aliphatic rings. The predicted molar refractivity (Wildman–Crippen MR) is 69.8 cm³/mol. The van der Waals surface area contributed by atoms with Crippen LogP contribution in [-0.4, -0.2) is 21.9 Å². The van der Waals surface area contributed by atoms with Gasteiger partial charge in [-0.2, -0.15) is 0 Å². The number of thiazole rings is 1. The Bertz CT molecular complexity index is 552. The largest absolute Gasteiger partial charge is 0.353 e. The van der Waals surface area contributed by atoms with E-state index in [4.69, 9.17) is 0 Å². The van der Waals surface area contributed by atoms with E-state index in [0.717, 1.165) is 10.7 Å². The number of nitrogens with zero attached hydrogens (tertiary/aromatic N) is 4. The molecule has 2 aromatic heterocycles. The first-order valence-electron chi connectivity index (χ1n) is 5.29. The van der Waals surface area contributed by atoms with Crippen molar-refractivity contribution in [3.8, 4) is 0 Å². The van der Waals surface area contributed by atoms with Gasteiger partial charge in [-0.25, -0.2) is 9.97 Å². The third-order valence-electron chi connectivity index (χ3n) is 2.37. The van der Waals surface area contributed by atoms with Crippen LogP contribution in [-0.2, 0) is 6.54 Å². The lowest BCUT2D eigenvalue weighted by molar-refractivity contribution is -0.385. The van der Waals surface area contributed by atoms with Gasteiger partial charge in [0.15, 0.2) is 0 Å². The second-order valence-electron chi connectivity index (χ2n) is 3.87. The molecule has 0 aromatic carbocycles. The molecule has 0 atom stereocenters. The molecular weight excluding hydrogens is 252 g/mol. The maximum absolute atomic E-state index is 10.5. The summed E-state index contributed by atoms with van der Waals surface area (Å²) in [7, 11) is 1.88. The summed E-state index contributed by atoms with van der Waals surface area (Å²) in [5.74, 6) is 0.688. The second-order valence-corrected chi connectivity index (χ2v) is 4.81. The normalized spacial score (nSPS) is 10.3. The van der Waals surface area contributed by atoms with E-state index in [0.29, 0.717) is 12.4 Å². The fourth-order valence-corrected chi connectivity index (χ4v) is 2.30. The molecule has 6 nitrogen and oxygen atoms in total. The van der Waals surface area contributed by atoms with Crippen LogP contribution in [0.1, 0.15) is 10.7 Å². The van der Waals surface area contributed by atoms with Crippen LogP contribution in [0.2, 0.25) is 0 Å². The fourth-order valence-electron chi connectivity index (χ4n) is 1.47. The first-order valence-corrected chi connectivity index (χ1v) is 6.17. The molecule has 0 fully saturated rings. The molecule has 0 aliphatic carbocycles. The number of nitro groups is 1. The van der Waals surface area contributed by atoms with Gasteiger partial charge in [0.05, 0.1) is 11.5 Å². The van der Waals surface area contributed by atoms with Crippen molar-refractivity contribution >= 4 is 22.8 Å². The molecule has 0 unspecified atom stereocenters. The maximum atomic E-state index is 10.5. The summed E-state index contributed by atoms with van der Waals surface area (Å²) < 4.78 is 0. The molecule has 2 rings (SSSR count). The van der Waals surface area contributed by atoms with Gasteiger partial charge in [0.2, 0.25) is 0 Å². The van der Waals surface area contributed by atoms with E-state index in [9.17, 15) is 10.1 Å². The van der Waals surface area contributed by atoms with E-state index in [1.165, 1.54) is 12.3 Å². The Kier molecular flexibility index (Phi) is 3.52. The SMILES string of the molecule is Cc1csc(CN(C)c2ccc([N+](=O)[O-])cn2)n1. The molecule has 0 bridgehead atoms. The number of aromatic nitrogens is 2. The van der Waals surface area contributed by atoms with Gasteiger partial charge in [0, 0.05) is 24.2 Å². The topological polar surface area (TPSA) is 72.2 Å². The summed E-state index contributed by atoms with van der Waals surface area (Å²) in [6, 6.07) is 3.09. The maximum Gasteiger partial charge on any atom is 0.287 e. The highest BCUT2D eigenvalue weighted by atomic mass is 32.1. The van der Waals surface area contributed by atoms with Crippen LogP contribution in [0.4, 0.5) is 11.5 Å². The van der Waals surface area contributed by atoms with E-state index in [2.05, 4.69) is 9.97 Å². The summed E-state index contributed by atoms with van der Waals surface area (Å²) >= 11 is 1.59. The number of aryl methyl sites for hydroxylation is 1. The van der Waals surface area contributed by atoms with E-state index >= 15 is 0 Å². The minimum absolute atomic E-state index is 0.00255. The molecular formula is C11H12N4O2S. The molecule has 2 heterocycles. The van der Waals surface area contributed by atoms with E-state index in [1.807, 2.05) is 24.3 Å². The number of hydrogen-bond donors (Lipinski definition) is 0. The zero-order chi connectivity index (χ0) is 13.1. The molecule has 18 heavy (non-hydrogen) atoms. The number of rotatable bonds is 4. The molecule has 7 heteroatoms. The van der Waals surface area contributed by atoms with Gasteiger partial charge in [0.1, 0.15) is 17.0 Å². The molecule has 2 aromatic rings. The van der Waals surface area contributed by atoms with Gasteiger partial charge in [-0.3, -0.25) is 10.1 Å². The molecule has 0 spiro atoms. The minimum atomic E-state index is -0.457. The highest BCUT2D eigenvalue weighted by Crippen LogP contribution is 2.18. The molecule has 0 radical (unpaired) electrons. The van der Waals surface area contributed by atoms with Crippen LogP contribution in [0.25, 0.3) is 0 Å². The summed E-state index contributed by atoms with van der Waals surface area (Å²) in [6.45, 7) is 2.59. The van der Waals surface area contributed by atoms with Crippen LogP contribution in [0, 0.1) is 17.0 Å². The van der Waals surface area contributed by atoms with Crippen molar-refractivity contribution in [3.63, 3.8) is 0 Å². The van der Waals surface area contributed by atoms with Crippen molar-refractivity contribution in [2.75, 3.05) is 11.9 Å². The molecule has 0 amide bonds. The quantitative estimate of drug-likeness (QED) is 0.626. The Morgan fingerprint density at radius 3 is 2.78 bits per heavy atom. The van der Waals surface area contributed by atoms with E-state index < -0.39 is 4.92 Å². The van der Waals surface area contributed by atoms with Crippen molar-refractivity contribution in [1.29, 1.82) is 0 Å². The van der Waals surface area contributed by atoms with Crippen LogP contribution in [0.15, 0.2) is 23.7 Å². The third-order valence-corrected chi connectivity index (χ3v) is 3.32. The van der Waals surface area contributed by atoms with Gasteiger partial charge in [-0.05, 0) is 13.0 Å².